The van der Waals surface area contributed by atoms with Gasteiger partial charge >= 0.3 is 0 Å². The van der Waals surface area contributed by atoms with Crippen LogP contribution in [0.5, 0.6) is 5.75 Å². The van der Waals surface area contributed by atoms with Gasteiger partial charge in [-0.25, -0.2) is 10.1 Å². The molecule has 0 fully saturated rings. The first-order valence-corrected chi connectivity index (χ1v) is 10.1. The molecule has 0 saturated carbocycles. The van der Waals surface area contributed by atoms with Gasteiger partial charge in [-0.3, -0.25) is 4.79 Å². The van der Waals surface area contributed by atoms with E-state index in [9.17, 15) is 4.79 Å². The maximum Gasteiger partial charge on any atom is 0.277 e. The molecule has 1 amide bonds. The Hall–Kier alpha value is -2.83. The highest BCUT2D eigenvalue weighted by atomic mass is 35.5. The fourth-order valence-corrected chi connectivity index (χ4v) is 3.36. The Morgan fingerprint density at radius 3 is 2.47 bits per heavy atom. The van der Waals surface area contributed by atoms with E-state index in [0.717, 1.165) is 16.7 Å². The van der Waals surface area contributed by atoms with Crippen molar-refractivity contribution in [2.45, 2.75) is 27.3 Å². The van der Waals surface area contributed by atoms with Crippen molar-refractivity contribution in [2.75, 3.05) is 6.61 Å². The van der Waals surface area contributed by atoms with E-state index in [-0.39, 0.29) is 12.5 Å². The summed E-state index contributed by atoms with van der Waals surface area (Å²) in [6.45, 7) is 6.15. The lowest BCUT2D eigenvalue weighted by atomic mass is 10.1. The lowest BCUT2D eigenvalue weighted by molar-refractivity contribution is -0.123. The summed E-state index contributed by atoms with van der Waals surface area (Å²) in [5.74, 6) is 0.279. The monoisotopic (exact) mass is 444 g/mol. The van der Waals surface area contributed by atoms with E-state index in [1.165, 1.54) is 6.21 Å². The minimum Gasteiger partial charge on any atom is -0.484 e. The molecule has 0 aliphatic heterocycles. The van der Waals surface area contributed by atoms with E-state index in [0.29, 0.717) is 33.7 Å². The zero-order valence-corrected chi connectivity index (χ0v) is 18.5. The van der Waals surface area contributed by atoms with Gasteiger partial charge in [0.2, 0.25) is 0 Å². The summed E-state index contributed by atoms with van der Waals surface area (Å²) in [6.07, 6.45) is 1.48. The van der Waals surface area contributed by atoms with Gasteiger partial charge in [0.1, 0.15) is 10.9 Å². The molecular weight excluding hydrogens is 423 g/mol. The normalized spacial score (nSPS) is 11.1. The Labute approximate surface area is 185 Å². The molecule has 0 radical (unpaired) electrons. The van der Waals surface area contributed by atoms with Crippen LogP contribution in [0.25, 0.3) is 0 Å². The van der Waals surface area contributed by atoms with Crippen LogP contribution in [-0.2, 0) is 11.3 Å². The topological polar surface area (TPSA) is 68.5 Å². The first-order chi connectivity index (χ1) is 14.3. The molecule has 1 aromatic heterocycles. The van der Waals surface area contributed by atoms with Crippen LogP contribution >= 0.6 is 23.2 Å². The van der Waals surface area contributed by atoms with Crippen LogP contribution in [0, 0.1) is 20.8 Å². The second-order valence-electron chi connectivity index (χ2n) is 6.98. The lowest BCUT2D eigenvalue weighted by Crippen LogP contribution is -2.24. The van der Waals surface area contributed by atoms with Crippen molar-refractivity contribution < 1.29 is 9.53 Å². The van der Waals surface area contributed by atoms with Gasteiger partial charge in [-0.15, -0.1) is 0 Å². The third kappa shape index (κ3) is 5.84. The van der Waals surface area contributed by atoms with Crippen LogP contribution in [0.15, 0.2) is 47.6 Å². The third-order valence-electron chi connectivity index (χ3n) is 4.30. The van der Waals surface area contributed by atoms with Gasteiger partial charge in [-0.1, -0.05) is 41.4 Å². The number of halogens is 2. The molecule has 8 heteroatoms. The second kappa shape index (κ2) is 9.78. The molecule has 0 atom stereocenters. The maximum absolute atomic E-state index is 12.0. The average molecular weight is 445 g/mol. The number of hydrogen-bond donors (Lipinski definition) is 1. The number of aromatic nitrogens is 2. The SMILES string of the molecule is Cc1cc(C)cc(OCC(=O)N/N=C/c2c(C)nn(Cc3ccc(Cl)cc3)c2Cl)c1. The summed E-state index contributed by atoms with van der Waals surface area (Å²) in [5.41, 5.74) is 6.96. The molecule has 1 heterocycles. The molecule has 0 aliphatic carbocycles. The molecule has 2 aromatic carbocycles. The number of nitrogens with zero attached hydrogens (tertiary/aromatic N) is 3. The minimum absolute atomic E-state index is 0.136. The van der Waals surface area contributed by atoms with Crippen molar-refractivity contribution in [2.24, 2.45) is 5.10 Å². The highest BCUT2D eigenvalue weighted by Gasteiger charge is 2.12. The summed E-state index contributed by atoms with van der Waals surface area (Å²) in [7, 11) is 0. The molecule has 3 rings (SSSR count). The van der Waals surface area contributed by atoms with Crippen molar-refractivity contribution >= 4 is 35.3 Å². The van der Waals surface area contributed by atoms with Gasteiger partial charge in [0.15, 0.2) is 6.61 Å². The van der Waals surface area contributed by atoms with Gasteiger partial charge in [0.25, 0.3) is 5.91 Å². The predicted molar refractivity (Wildman–Crippen MR) is 120 cm³/mol. The molecule has 6 nitrogen and oxygen atoms in total. The van der Waals surface area contributed by atoms with E-state index in [1.807, 2.05) is 63.2 Å². The Kier molecular flexibility index (Phi) is 7.13. The molecule has 30 heavy (non-hydrogen) atoms. The Bertz CT molecular complexity index is 1060. The molecule has 0 saturated heterocycles. The molecule has 0 unspecified atom stereocenters. The number of nitrogens with one attached hydrogen (secondary N) is 1. The van der Waals surface area contributed by atoms with Crippen LogP contribution in [0.2, 0.25) is 10.2 Å². The Balaban J connectivity index is 1.58. The van der Waals surface area contributed by atoms with Crippen molar-refractivity contribution in [3.8, 4) is 5.75 Å². The van der Waals surface area contributed by atoms with Crippen molar-refractivity contribution in [1.82, 2.24) is 15.2 Å². The van der Waals surface area contributed by atoms with Gasteiger partial charge < -0.3 is 4.74 Å². The smallest absolute Gasteiger partial charge is 0.277 e. The number of carbonyl (C=O) groups excluding carboxylic acids is 1. The number of ether oxygens (including phenoxy) is 1. The minimum atomic E-state index is -0.368. The van der Waals surface area contributed by atoms with Gasteiger partial charge in [0.05, 0.1) is 24.0 Å². The van der Waals surface area contributed by atoms with Crippen molar-refractivity contribution in [3.05, 3.63) is 80.6 Å². The molecular formula is C22H22Cl2N4O2. The zero-order valence-electron chi connectivity index (χ0n) is 16.9. The van der Waals surface area contributed by atoms with Gasteiger partial charge in [0, 0.05) is 5.02 Å². The van der Waals surface area contributed by atoms with Gasteiger partial charge in [-0.2, -0.15) is 10.2 Å². The van der Waals surface area contributed by atoms with Crippen LogP contribution in [0.1, 0.15) is 27.9 Å². The fraction of sp³-hybridized carbons (Fsp3) is 0.227. The predicted octanol–water partition coefficient (Wildman–Crippen LogP) is 4.69. The van der Waals surface area contributed by atoms with E-state index >= 15 is 0 Å². The number of benzene rings is 2. The number of hydrogen-bond acceptors (Lipinski definition) is 4. The van der Waals surface area contributed by atoms with E-state index in [4.69, 9.17) is 27.9 Å². The second-order valence-corrected chi connectivity index (χ2v) is 7.77. The quantitative estimate of drug-likeness (QED) is 0.424. The van der Waals surface area contributed by atoms with Crippen LogP contribution in [0.3, 0.4) is 0 Å². The third-order valence-corrected chi connectivity index (χ3v) is 4.95. The van der Waals surface area contributed by atoms with Crippen LogP contribution in [-0.4, -0.2) is 28.5 Å². The largest absolute Gasteiger partial charge is 0.484 e. The Morgan fingerprint density at radius 2 is 1.80 bits per heavy atom. The van der Waals surface area contributed by atoms with E-state index < -0.39 is 0 Å². The van der Waals surface area contributed by atoms with Gasteiger partial charge in [-0.05, 0) is 61.7 Å². The van der Waals surface area contributed by atoms with Crippen molar-refractivity contribution in [3.63, 3.8) is 0 Å². The zero-order chi connectivity index (χ0) is 21.7. The summed E-state index contributed by atoms with van der Waals surface area (Å²) < 4.78 is 7.19. The molecule has 3 aromatic rings. The Morgan fingerprint density at radius 1 is 1.13 bits per heavy atom. The highest BCUT2D eigenvalue weighted by molar-refractivity contribution is 6.32. The first kappa shape index (κ1) is 21.9. The summed E-state index contributed by atoms with van der Waals surface area (Å²) in [6, 6.07) is 13.3. The highest BCUT2D eigenvalue weighted by Crippen LogP contribution is 2.20. The number of rotatable bonds is 7. The fourth-order valence-electron chi connectivity index (χ4n) is 2.95. The first-order valence-electron chi connectivity index (χ1n) is 9.32. The maximum atomic E-state index is 12.0. The van der Waals surface area contributed by atoms with E-state index in [1.54, 1.807) is 4.68 Å². The average Bonchev–Trinajstić information content (AvgIpc) is 2.95. The molecule has 156 valence electrons. The van der Waals surface area contributed by atoms with Crippen LogP contribution in [0.4, 0.5) is 0 Å². The van der Waals surface area contributed by atoms with Crippen molar-refractivity contribution in [1.29, 1.82) is 0 Å². The number of hydrazone groups is 1. The van der Waals surface area contributed by atoms with E-state index in [2.05, 4.69) is 15.6 Å². The summed E-state index contributed by atoms with van der Waals surface area (Å²) >= 11 is 12.4. The number of amides is 1. The lowest BCUT2D eigenvalue weighted by Gasteiger charge is -2.07. The van der Waals surface area contributed by atoms with Crippen LogP contribution < -0.4 is 10.2 Å². The summed E-state index contributed by atoms with van der Waals surface area (Å²) in [4.78, 5) is 12.0. The number of aryl methyl sites for hydroxylation is 3. The summed E-state index contributed by atoms with van der Waals surface area (Å²) in [5, 5.41) is 9.53. The standard InChI is InChI=1S/C22H22Cl2N4O2/c1-14-8-15(2)10-19(9-14)30-13-21(29)26-25-11-20-16(3)27-28(22(20)24)12-17-4-6-18(23)7-5-17/h4-11H,12-13H2,1-3H3,(H,26,29)/b25-11+. The molecule has 0 spiro atoms. The molecule has 0 aliphatic rings. The molecule has 0 bridgehead atoms. The molecule has 1 N–H and O–H groups in total. The number of carbonyl (C=O) groups is 1.